The van der Waals surface area contributed by atoms with E-state index in [4.69, 9.17) is 0 Å². The third kappa shape index (κ3) is 4.06. The number of hydrogen-bond acceptors (Lipinski definition) is 4. The lowest BCUT2D eigenvalue weighted by Gasteiger charge is -2.29. The van der Waals surface area contributed by atoms with E-state index in [0.29, 0.717) is 11.4 Å². The number of amides is 2. The Morgan fingerprint density at radius 3 is 2.46 bits per heavy atom. The molecule has 0 bridgehead atoms. The summed E-state index contributed by atoms with van der Waals surface area (Å²) in [6.45, 7) is 2.62. The zero-order valence-corrected chi connectivity index (χ0v) is 17.0. The number of nitrogens with one attached hydrogen (secondary N) is 1. The predicted octanol–water partition coefficient (Wildman–Crippen LogP) is 3.70. The van der Waals surface area contributed by atoms with Gasteiger partial charge in [0.15, 0.2) is 0 Å². The highest BCUT2D eigenvalue weighted by molar-refractivity contribution is 5.95. The molecule has 1 saturated heterocycles. The van der Waals surface area contributed by atoms with E-state index in [1.54, 1.807) is 6.20 Å². The summed E-state index contributed by atoms with van der Waals surface area (Å²) in [5.74, 6) is 0.990. The van der Waals surface area contributed by atoms with Crippen LogP contribution in [0.2, 0.25) is 0 Å². The molecule has 152 valence electrons. The number of rotatable bonds is 4. The molecular formula is C22H32N4O2. The Bertz CT molecular complexity index is 723. The minimum absolute atomic E-state index is 0.0814. The number of nitrogens with zero attached hydrogens (tertiary/aromatic N) is 3. The van der Waals surface area contributed by atoms with Crippen LogP contribution in [0.15, 0.2) is 6.20 Å². The van der Waals surface area contributed by atoms with Gasteiger partial charge in [-0.25, -0.2) is 9.97 Å². The van der Waals surface area contributed by atoms with Crippen LogP contribution in [-0.4, -0.2) is 39.3 Å². The van der Waals surface area contributed by atoms with E-state index in [1.807, 2.05) is 11.8 Å². The Hall–Kier alpha value is -1.98. The van der Waals surface area contributed by atoms with Crippen molar-refractivity contribution < 1.29 is 9.59 Å². The Kier molecular flexibility index (Phi) is 5.93. The molecule has 2 amide bonds. The topological polar surface area (TPSA) is 75.2 Å². The fourth-order valence-electron chi connectivity index (χ4n) is 5.15. The smallest absolute Gasteiger partial charge is 0.255 e. The fraction of sp³-hybridized carbons (Fsp3) is 0.727. The van der Waals surface area contributed by atoms with E-state index in [1.165, 1.54) is 19.3 Å². The molecule has 6 nitrogen and oxygen atoms in total. The normalized spacial score (nSPS) is 23.9. The van der Waals surface area contributed by atoms with Crippen LogP contribution in [0.1, 0.15) is 98.5 Å². The summed E-state index contributed by atoms with van der Waals surface area (Å²) in [4.78, 5) is 37.1. The van der Waals surface area contributed by atoms with Crippen molar-refractivity contribution in [2.45, 2.75) is 89.6 Å². The second-order valence-electron chi connectivity index (χ2n) is 8.70. The van der Waals surface area contributed by atoms with Crippen molar-refractivity contribution in [3.8, 4) is 0 Å². The van der Waals surface area contributed by atoms with Crippen LogP contribution in [-0.2, 0) is 4.79 Å². The summed E-state index contributed by atoms with van der Waals surface area (Å²) < 4.78 is 0. The molecule has 0 aromatic carbocycles. The molecule has 28 heavy (non-hydrogen) atoms. The van der Waals surface area contributed by atoms with Crippen molar-refractivity contribution in [2.75, 3.05) is 6.54 Å². The van der Waals surface area contributed by atoms with Gasteiger partial charge >= 0.3 is 0 Å². The third-order valence-corrected chi connectivity index (χ3v) is 6.68. The van der Waals surface area contributed by atoms with Crippen molar-refractivity contribution in [3.05, 3.63) is 23.3 Å². The molecule has 2 aliphatic carbocycles. The van der Waals surface area contributed by atoms with Crippen molar-refractivity contribution >= 4 is 11.8 Å². The first-order valence-corrected chi connectivity index (χ1v) is 11.1. The van der Waals surface area contributed by atoms with Gasteiger partial charge in [-0.05, 0) is 45.4 Å². The van der Waals surface area contributed by atoms with Crippen LogP contribution >= 0.6 is 0 Å². The molecular weight excluding hydrogens is 352 g/mol. The van der Waals surface area contributed by atoms with E-state index in [9.17, 15) is 9.59 Å². The minimum Gasteiger partial charge on any atom is -0.349 e. The van der Waals surface area contributed by atoms with Gasteiger partial charge in [-0.2, -0.15) is 0 Å². The van der Waals surface area contributed by atoms with E-state index in [2.05, 4.69) is 15.3 Å². The molecule has 2 saturated carbocycles. The predicted molar refractivity (Wildman–Crippen MR) is 107 cm³/mol. The molecule has 1 N–H and O–H groups in total. The first-order valence-electron chi connectivity index (χ1n) is 11.1. The number of aryl methyl sites for hydroxylation is 1. The SMILES string of the molecule is Cc1ncc(C(=O)NC2CCCCC2)c([C@@H]2CCCN2C(=O)C2CCCC2)n1. The Labute approximate surface area is 167 Å². The van der Waals surface area contributed by atoms with Crippen molar-refractivity contribution in [2.24, 2.45) is 5.92 Å². The van der Waals surface area contributed by atoms with Gasteiger partial charge in [0.05, 0.1) is 17.3 Å². The molecule has 4 rings (SSSR count). The summed E-state index contributed by atoms with van der Waals surface area (Å²) in [6, 6.07) is 0.150. The molecule has 1 atom stereocenters. The Balaban J connectivity index is 1.56. The number of carbonyl (C=O) groups is 2. The van der Waals surface area contributed by atoms with Crippen LogP contribution in [0.3, 0.4) is 0 Å². The van der Waals surface area contributed by atoms with Crippen LogP contribution < -0.4 is 5.32 Å². The average Bonchev–Trinajstić information content (AvgIpc) is 3.40. The zero-order valence-electron chi connectivity index (χ0n) is 17.0. The fourth-order valence-corrected chi connectivity index (χ4v) is 5.15. The summed E-state index contributed by atoms with van der Waals surface area (Å²) in [7, 11) is 0. The third-order valence-electron chi connectivity index (χ3n) is 6.68. The standard InChI is InChI=1S/C22H32N4O2/c1-15-23-14-18(21(27)25-17-10-3-2-4-11-17)20(24-15)19-12-7-13-26(19)22(28)16-8-5-6-9-16/h14,16-17,19H,2-13H2,1H3,(H,25,27)/t19-/m0/s1. The minimum atomic E-state index is -0.0955. The molecule has 1 aromatic rings. The van der Waals surface area contributed by atoms with E-state index < -0.39 is 0 Å². The highest BCUT2D eigenvalue weighted by atomic mass is 16.2. The molecule has 6 heteroatoms. The average molecular weight is 385 g/mol. The maximum Gasteiger partial charge on any atom is 0.255 e. The van der Waals surface area contributed by atoms with Gasteiger partial charge in [-0.3, -0.25) is 9.59 Å². The molecule has 1 aromatic heterocycles. The second kappa shape index (κ2) is 8.58. The maximum atomic E-state index is 13.1. The lowest BCUT2D eigenvalue weighted by molar-refractivity contribution is -0.136. The summed E-state index contributed by atoms with van der Waals surface area (Å²) in [5, 5.41) is 3.20. The quantitative estimate of drug-likeness (QED) is 0.859. The highest BCUT2D eigenvalue weighted by Crippen LogP contribution is 2.36. The molecule has 0 spiro atoms. The van der Waals surface area contributed by atoms with Gasteiger partial charge in [-0.15, -0.1) is 0 Å². The van der Waals surface area contributed by atoms with Gasteiger partial charge in [0.1, 0.15) is 5.82 Å². The van der Waals surface area contributed by atoms with Crippen LogP contribution in [0.4, 0.5) is 0 Å². The highest BCUT2D eigenvalue weighted by Gasteiger charge is 2.37. The van der Waals surface area contributed by atoms with Crippen molar-refractivity contribution in [1.29, 1.82) is 0 Å². The molecule has 1 aliphatic heterocycles. The van der Waals surface area contributed by atoms with Crippen molar-refractivity contribution in [3.63, 3.8) is 0 Å². The largest absolute Gasteiger partial charge is 0.349 e. The van der Waals surface area contributed by atoms with Gasteiger partial charge in [0.25, 0.3) is 5.91 Å². The summed E-state index contributed by atoms with van der Waals surface area (Å²) in [5.41, 5.74) is 1.29. The molecule has 0 radical (unpaired) electrons. The summed E-state index contributed by atoms with van der Waals surface area (Å²) >= 11 is 0. The van der Waals surface area contributed by atoms with Crippen LogP contribution in [0.25, 0.3) is 0 Å². The number of aromatic nitrogens is 2. The molecule has 3 aliphatic rings. The van der Waals surface area contributed by atoms with E-state index >= 15 is 0 Å². The first kappa shape index (κ1) is 19.3. The van der Waals surface area contributed by atoms with Gasteiger partial charge < -0.3 is 10.2 Å². The van der Waals surface area contributed by atoms with Gasteiger partial charge in [-0.1, -0.05) is 32.1 Å². The summed E-state index contributed by atoms with van der Waals surface area (Å²) in [6.07, 6.45) is 13.5. The van der Waals surface area contributed by atoms with Gasteiger partial charge in [0.2, 0.25) is 5.91 Å². The number of likely N-dealkylation sites (tertiary alicyclic amines) is 1. The van der Waals surface area contributed by atoms with E-state index in [-0.39, 0.29) is 29.8 Å². The zero-order chi connectivity index (χ0) is 19.5. The van der Waals surface area contributed by atoms with Gasteiger partial charge in [0, 0.05) is 24.7 Å². The van der Waals surface area contributed by atoms with Crippen molar-refractivity contribution in [1.82, 2.24) is 20.2 Å². The van der Waals surface area contributed by atoms with E-state index in [0.717, 1.165) is 63.6 Å². The maximum absolute atomic E-state index is 13.1. The Morgan fingerprint density at radius 1 is 1.00 bits per heavy atom. The van der Waals surface area contributed by atoms with Crippen LogP contribution in [0.5, 0.6) is 0 Å². The number of hydrogen-bond donors (Lipinski definition) is 1. The van der Waals surface area contributed by atoms with Crippen LogP contribution in [0, 0.1) is 12.8 Å². The second-order valence-corrected chi connectivity index (χ2v) is 8.70. The molecule has 2 heterocycles. The molecule has 0 unspecified atom stereocenters. The lowest BCUT2D eigenvalue weighted by Crippen LogP contribution is -2.39. The number of carbonyl (C=O) groups excluding carboxylic acids is 2. The molecule has 3 fully saturated rings. The monoisotopic (exact) mass is 384 g/mol. The Morgan fingerprint density at radius 2 is 1.71 bits per heavy atom. The lowest BCUT2D eigenvalue weighted by atomic mass is 9.95. The first-order chi connectivity index (χ1) is 13.6.